The SMILES string of the molecule is C1COC(CNCCOCC2CCCO2)C1. The van der Waals surface area contributed by atoms with Crippen LogP contribution in [0.5, 0.6) is 0 Å². The summed E-state index contributed by atoms with van der Waals surface area (Å²) in [5, 5.41) is 3.36. The van der Waals surface area contributed by atoms with Gasteiger partial charge in [0.1, 0.15) is 0 Å². The van der Waals surface area contributed by atoms with Crippen LogP contribution >= 0.6 is 0 Å². The maximum Gasteiger partial charge on any atom is 0.0809 e. The van der Waals surface area contributed by atoms with Crippen molar-refractivity contribution in [1.29, 1.82) is 0 Å². The lowest BCUT2D eigenvalue weighted by atomic mass is 10.2. The van der Waals surface area contributed by atoms with E-state index in [1.165, 1.54) is 19.3 Å². The van der Waals surface area contributed by atoms with E-state index >= 15 is 0 Å². The molecule has 2 rings (SSSR count). The average Bonchev–Trinajstić information content (AvgIpc) is 2.96. The zero-order valence-electron chi connectivity index (χ0n) is 9.95. The van der Waals surface area contributed by atoms with Crippen LogP contribution in [-0.4, -0.2) is 51.7 Å². The van der Waals surface area contributed by atoms with Crippen molar-refractivity contribution in [3.05, 3.63) is 0 Å². The van der Waals surface area contributed by atoms with Crippen molar-refractivity contribution in [2.75, 3.05) is 39.5 Å². The van der Waals surface area contributed by atoms with Gasteiger partial charge in [-0.3, -0.25) is 0 Å². The zero-order chi connectivity index (χ0) is 11.1. The molecule has 0 spiro atoms. The normalized spacial score (nSPS) is 30.0. The van der Waals surface area contributed by atoms with Crippen LogP contribution in [0, 0.1) is 0 Å². The molecule has 4 heteroatoms. The number of rotatable bonds is 7. The molecule has 2 saturated heterocycles. The molecule has 0 aromatic carbocycles. The molecule has 0 aromatic heterocycles. The standard InChI is InChI=1S/C12H23NO3/c1-3-11(15-6-1)9-13-5-8-14-10-12-4-2-7-16-12/h11-13H,1-10H2. The van der Waals surface area contributed by atoms with Gasteiger partial charge < -0.3 is 19.5 Å². The molecule has 16 heavy (non-hydrogen) atoms. The molecule has 0 amide bonds. The molecule has 2 aliphatic heterocycles. The second-order valence-electron chi connectivity index (χ2n) is 4.55. The molecule has 2 aliphatic rings. The van der Waals surface area contributed by atoms with Crippen molar-refractivity contribution in [2.24, 2.45) is 0 Å². The van der Waals surface area contributed by atoms with E-state index in [9.17, 15) is 0 Å². The Morgan fingerprint density at radius 3 is 2.50 bits per heavy atom. The molecule has 2 heterocycles. The minimum Gasteiger partial charge on any atom is -0.377 e. The van der Waals surface area contributed by atoms with Gasteiger partial charge in [0.05, 0.1) is 25.4 Å². The van der Waals surface area contributed by atoms with Crippen molar-refractivity contribution in [3.8, 4) is 0 Å². The Bertz CT molecular complexity index is 157. The molecule has 0 saturated carbocycles. The minimum absolute atomic E-state index is 0.346. The number of nitrogens with one attached hydrogen (secondary N) is 1. The first-order valence-corrected chi connectivity index (χ1v) is 6.47. The van der Waals surface area contributed by atoms with E-state index in [-0.39, 0.29) is 0 Å². The largest absolute Gasteiger partial charge is 0.377 e. The Kier molecular flexibility index (Phi) is 5.55. The van der Waals surface area contributed by atoms with Gasteiger partial charge in [0.25, 0.3) is 0 Å². The van der Waals surface area contributed by atoms with Crippen LogP contribution in [0.2, 0.25) is 0 Å². The first-order chi connectivity index (χ1) is 7.95. The molecule has 0 bridgehead atoms. The Hall–Kier alpha value is -0.160. The predicted molar refractivity (Wildman–Crippen MR) is 61.6 cm³/mol. The van der Waals surface area contributed by atoms with Crippen LogP contribution in [-0.2, 0) is 14.2 Å². The Labute approximate surface area is 97.6 Å². The average molecular weight is 229 g/mol. The third-order valence-corrected chi connectivity index (χ3v) is 3.15. The fraction of sp³-hybridized carbons (Fsp3) is 1.00. The van der Waals surface area contributed by atoms with Crippen molar-refractivity contribution in [2.45, 2.75) is 37.9 Å². The van der Waals surface area contributed by atoms with Gasteiger partial charge in [0.15, 0.2) is 0 Å². The number of ether oxygens (including phenoxy) is 3. The summed E-state index contributed by atoms with van der Waals surface area (Å²) in [7, 11) is 0. The second kappa shape index (κ2) is 7.22. The van der Waals surface area contributed by atoms with Gasteiger partial charge in [-0.1, -0.05) is 0 Å². The lowest BCUT2D eigenvalue weighted by Crippen LogP contribution is -2.29. The van der Waals surface area contributed by atoms with Gasteiger partial charge in [-0.2, -0.15) is 0 Å². The van der Waals surface area contributed by atoms with E-state index in [2.05, 4.69) is 5.32 Å². The van der Waals surface area contributed by atoms with Crippen LogP contribution in [0.1, 0.15) is 25.7 Å². The van der Waals surface area contributed by atoms with Crippen LogP contribution < -0.4 is 5.32 Å². The van der Waals surface area contributed by atoms with Crippen molar-refractivity contribution >= 4 is 0 Å². The quantitative estimate of drug-likeness (QED) is 0.660. The second-order valence-corrected chi connectivity index (χ2v) is 4.55. The van der Waals surface area contributed by atoms with Crippen LogP contribution in [0.3, 0.4) is 0 Å². The molecule has 2 unspecified atom stereocenters. The van der Waals surface area contributed by atoms with E-state index in [0.717, 1.165) is 45.9 Å². The summed E-state index contributed by atoms with van der Waals surface area (Å²) in [5.41, 5.74) is 0. The Morgan fingerprint density at radius 2 is 1.81 bits per heavy atom. The molecular formula is C12H23NO3. The summed E-state index contributed by atoms with van der Waals surface area (Å²) >= 11 is 0. The summed E-state index contributed by atoms with van der Waals surface area (Å²) in [6, 6.07) is 0. The topological polar surface area (TPSA) is 39.7 Å². The molecule has 2 fully saturated rings. The number of hydrogen-bond acceptors (Lipinski definition) is 4. The number of hydrogen-bond donors (Lipinski definition) is 1. The fourth-order valence-electron chi connectivity index (χ4n) is 2.20. The summed E-state index contributed by atoms with van der Waals surface area (Å²) in [6.45, 7) is 5.23. The van der Waals surface area contributed by atoms with Gasteiger partial charge >= 0.3 is 0 Å². The van der Waals surface area contributed by atoms with Crippen molar-refractivity contribution in [1.82, 2.24) is 5.32 Å². The van der Waals surface area contributed by atoms with Crippen LogP contribution in [0.25, 0.3) is 0 Å². The van der Waals surface area contributed by atoms with Gasteiger partial charge in [0.2, 0.25) is 0 Å². The molecule has 0 aliphatic carbocycles. The predicted octanol–water partition coefficient (Wildman–Crippen LogP) is 0.951. The summed E-state index contributed by atoms with van der Waals surface area (Å²) in [5.74, 6) is 0. The fourth-order valence-corrected chi connectivity index (χ4v) is 2.20. The summed E-state index contributed by atoms with van der Waals surface area (Å²) < 4.78 is 16.5. The highest BCUT2D eigenvalue weighted by atomic mass is 16.5. The van der Waals surface area contributed by atoms with Gasteiger partial charge in [-0.05, 0) is 25.7 Å². The minimum atomic E-state index is 0.346. The summed E-state index contributed by atoms with van der Waals surface area (Å²) in [4.78, 5) is 0. The Balaban J connectivity index is 1.37. The monoisotopic (exact) mass is 229 g/mol. The van der Waals surface area contributed by atoms with Crippen LogP contribution in [0.4, 0.5) is 0 Å². The van der Waals surface area contributed by atoms with E-state index in [4.69, 9.17) is 14.2 Å². The van der Waals surface area contributed by atoms with Crippen molar-refractivity contribution < 1.29 is 14.2 Å². The van der Waals surface area contributed by atoms with Gasteiger partial charge in [-0.15, -0.1) is 0 Å². The zero-order valence-corrected chi connectivity index (χ0v) is 9.95. The maximum atomic E-state index is 5.55. The third kappa shape index (κ3) is 4.37. The highest BCUT2D eigenvalue weighted by Gasteiger charge is 2.15. The molecule has 2 atom stereocenters. The third-order valence-electron chi connectivity index (χ3n) is 3.15. The van der Waals surface area contributed by atoms with E-state index in [1.54, 1.807) is 0 Å². The first kappa shape index (κ1) is 12.3. The molecule has 0 radical (unpaired) electrons. The van der Waals surface area contributed by atoms with E-state index in [1.807, 2.05) is 0 Å². The molecule has 94 valence electrons. The molecule has 0 aromatic rings. The van der Waals surface area contributed by atoms with Gasteiger partial charge in [-0.25, -0.2) is 0 Å². The highest BCUT2D eigenvalue weighted by Crippen LogP contribution is 2.12. The maximum absolute atomic E-state index is 5.55. The molecular weight excluding hydrogens is 206 g/mol. The molecule has 1 N–H and O–H groups in total. The molecule has 4 nitrogen and oxygen atoms in total. The van der Waals surface area contributed by atoms with E-state index < -0.39 is 0 Å². The van der Waals surface area contributed by atoms with Crippen molar-refractivity contribution in [3.63, 3.8) is 0 Å². The smallest absolute Gasteiger partial charge is 0.0809 e. The van der Waals surface area contributed by atoms with Crippen LogP contribution in [0.15, 0.2) is 0 Å². The summed E-state index contributed by atoms with van der Waals surface area (Å²) in [6.07, 6.45) is 5.52. The van der Waals surface area contributed by atoms with Gasteiger partial charge in [0, 0.05) is 26.3 Å². The highest BCUT2D eigenvalue weighted by molar-refractivity contribution is 4.67. The lowest BCUT2D eigenvalue weighted by Gasteiger charge is -2.12. The lowest BCUT2D eigenvalue weighted by molar-refractivity contribution is 0.0175. The Morgan fingerprint density at radius 1 is 1.06 bits per heavy atom. The van der Waals surface area contributed by atoms with E-state index in [0.29, 0.717) is 12.2 Å². The first-order valence-electron chi connectivity index (χ1n) is 6.47.